The van der Waals surface area contributed by atoms with Gasteiger partial charge >= 0.3 is 0 Å². The number of halogens is 1. The first-order valence-corrected chi connectivity index (χ1v) is 7.64. The van der Waals surface area contributed by atoms with E-state index in [9.17, 15) is 4.79 Å². The maximum atomic E-state index is 12.5. The van der Waals surface area contributed by atoms with Crippen LogP contribution < -0.4 is 0 Å². The van der Waals surface area contributed by atoms with Crippen molar-refractivity contribution in [3.8, 4) is 0 Å². The van der Waals surface area contributed by atoms with Crippen LogP contribution in [0.1, 0.15) is 24.0 Å². The van der Waals surface area contributed by atoms with Crippen LogP contribution in [-0.4, -0.2) is 5.78 Å². The Hall–Kier alpha value is -1.86. The van der Waals surface area contributed by atoms with E-state index in [1.54, 1.807) is 0 Å². The van der Waals surface area contributed by atoms with E-state index in [-0.39, 0.29) is 5.92 Å². The van der Waals surface area contributed by atoms with E-state index >= 15 is 0 Å². The second-order valence-corrected chi connectivity index (χ2v) is 5.95. The Morgan fingerprint density at radius 1 is 1.05 bits per heavy atom. The van der Waals surface area contributed by atoms with Gasteiger partial charge in [-0.25, -0.2) is 0 Å². The van der Waals surface area contributed by atoms with Crippen molar-refractivity contribution < 1.29 is 4.79 Å². The first-order chi connectivity index (χ1) is 10.2. The summed E-state index contributed by atoms with van der Waals surface area (Å²) in [5, 5.41) is 0.719. The topological polar surface area (TPSA) is 17.1 Å². The van der Waals surface area contributed by atoms with E-state index in [0.717, 1.165) is 35.4 Å². The smallest absolute Gasteiger partial charge is 0.162 e. The Bertz CT molecular complexity index is 656. The number of benzene rings is 2. The third-order valence-corrected chi connectivity index (χ3v) is 4.24. The van der Waals surface area contributed by atoms with Gasteiger partial charge < -0.3 is 0 Å². The number of rotatable bonds is 3. The van der Waals surface area contributed by atoms with Crippen LogP contribution >= 0.6 is 11.6 Å². The van der Waals surface area contributed by atoms with Crippen LogP contribution in [0.4, 0.5) is 0 Å². The van der Waals surface area contributed by atoms with Crippen molar-refractivity contribution in [1.82, 2.24) is 0 Å². The molecule has 0 amide bonds. The number of hydrogen-bond donors (Lipinski definition) is 0. The van der Waals surface area contributed by atoms with Crippen LogP contribution in [0, 0.1) is 5.92 Å². The molecular weight excluding hydrogens is 280 g/mol. The molecule has 0 bridgehead atoms. The van der Waals surface area contributed by atoms with E-state index in [0.29, 0.717) is 5.78 Å². The van der Waals surface area contributed by atoms with Crippen molar-refractivity contribution in [2.45, 2.75) is 19.3 Å². The number of Topliss-reactive ketones (excluding diaryl/α,β-unsaturated/α-hetero) is 1. The first-order valence-electron chi connectivity index (χ1n) is 7.26. The lowest BCUT2D eigenvalue weighted by Gasteiger charge is -2.07. The van der Waals surface area contributed by atoms with Gasteiger partial charge in [0.2, 0.25) is 0 Å². The zero-order chi connectivity index (χ0) is 14.7. The molecule has 0 N–H and O–H groups in total. The number of carbonyl (C=O) groups is 1. The van der Waals surface area contributed by atoms with Gasteiger partial charge in [-0.3, -0.25) is 4.79 Å². The molecule has 1 fully saturated rings. The highest BCUT2D eigenvalue weighted by molar-refractivity contribution is 6.30. The molecule has 106 valence electrons. The summed E-state index contributed by atoms with van der Waals surface area (Å²) in [5.41, 5.74) is 3.23. The van der Waals surface area contributed by atoms with Crippen molar-refractivity contribution in [1.29, 1.82) is 0 Å². The molecule has 1 atom stereocenters. The van der Waals surface area contributed by atoms with E-state index in [1.165, 1.54) is 5.56 Å². The predicted octanol–water partition coefficient (Wildman–Crippen LogP) is 4.95. The third-order valence-electron chi connectivity index (χ3n) is 3.99. The van der Waals surface area contributed by atoms with E-state index in [2.05, 4.69) is 12.1 Å². The van der Waals surface area contributed by atoms with Gasteiger partial charge in [0.15, 0.2) is 5.78 Å². The van der Waals surface area contributed by atoms with Crippen LogP contribution in [-0.2, 0) is 11.2 Å². The standard InChI is InChI=1S/C19H17ClO/c20-18-10-6-15(7-11-18)13-17-9-8-16(19(17)21)12-14-4-2-1-3-5-14/h1-7,10-11,13,16H,8-9,12H2/b17-13-. The lowest BCUT2D eigenvalue weighted by molar-refractivity contribution is -0.117. The zero-order valence-corrected chi connectivity index (χ0v) is 12.5. The summed E-state index contributed by atoms with van der Waals surface area (Å²) in [5.74, 6) is 0.430. The van der Waals surface area contributed by atoms with Crippen LogP contribution in [0.15, 0.2) is 60.2 Å². The fraction of sp³-hybridized carbons (Fsp3) is 0.211. The fourth-order valence-corrected chi connectivity index (χ4v) is 2.97. The normalized spacial score (nSPS) is 20.1. The van der Waals surface area contributed by atoms with E-state index in [4.69, 9.17) is 11.6 Å². The lowest BCUT2D eigenvalue weighted by Crippen LogP contribution is -2.10. The molecule has 1 aliphatic rings. The van der Waals surface area contributed by atoms with Gasteiger partial charge in [0.05, 0.1) is 0 Å². The predicted molar refractivity (Wildman–Crippen MR) is 87.3 cm³/mol. The molecule has 2 aromatic rings. The molecule has 3 rings (SSSR count). The minimum absolute atomic E-state index is 0.131. The van der Waals surface area contributed by atoms with Gasteiger partial charge in [0, 0.05) is 10.9 Å². The Balaban J connectivity index is 1.73. The highest BCUT2D eigenvalue weighted by atomic mass is 35.5. The monoisotopic (exact) mass is 296 g/mol. The third kappa shape index (κ3) is 3.43. The summed E-state index contributed by atoms with van der Waals surface area (Å²) in [6.07, 6.45) is 4.67. The largest absolute Gasteiger partial charge is 0.294 e. The molecule has 21 heavy (non-hydrogen) atoms. The molecule has 1 nitrogen and oxygen atoms in total. The van der Waals surface area contributed by atoms with Crippen molar-refractivity contribution in [3.05, 3.63) is 76.3 Å². The quantitative estimate of drug-likeness (QED) is 0.733. The maximum Gasteiger partial charge on any atom is 0.162 e. The summed E-state index contributed by atoms with van der Waals surface area (Å²) in [4.78, 5) is 12.5. The highest BCUT2D eigenvalue weighted by Gasteiger charge is 2.28. The van der Waals surface area contributed by atoms with Crippen LogP contribution in [0.2, 0.25) is 5.02 Å². The highest BCUT2D eigenvalue weighted by Crippen LogP contribution is 2.31. The van der Waals surface area contributed by atoms with E-state index in [1.807, 2.05) is 48.5 Å². The molecule has 0 spiro atoms. The van der Waals surface area contributed by atoms with E-state index < -0.39 is 0 Å². The summed E-state index contributed by atoms with van der Waals surface area (Å²) >= 11 is 5.88. The molecule has 1 saturated carbocycles. The molecule has 2 heteroatoms. The molecule has 0 saturated heterocycles. The summed E-state index contributed by atoms with van der Waals surface area (Å²) in [7, 11) is 0. The van der Waals surface area contributed by atoms with Gasteiger partial charge in [-0.1, -0.05) is 54.1 Å². The van der Waals surface area contributed by atoms with Crippen molar-refractivity contribution >= 4 is 23.5 Å². The maximum absolute atomic E-state index is 12.5. The zero-order valence-electron chi connectivity index (χ0n) is 11.8. The second kappa shape index (κ2) is 6.28. The summed E-state index contributed by atoms with van der Waals surface area (Å²) < 4.78 is 0. The number of ketones is 1. The number of allylic oxidation sites excluding steroid dienone is 1. The van der Waals surface area contributed by atoms with Gasteiger partial charge in [-0.2, -0.15) is 0 Å². The number of hydrogen-bond acceptors (Lipinski definition) is 1. The minimum atomic E-state index is 0.131. The van der Waals surface area contributed by atoms with Gasteiger partial charge in [0.1, 0.15) is 0 Å². The summed E-state index contributed by atoms with van der Waals surface area (Å²) in [6, 6.07) is 17.9. The van der Waals surface area contributed by atoms with Crippen molar-refractivity contribution in [2.24, 2.45) is 5.92 Å². The first kappa shape index (κ1) is 14.1. The molecular formula is C19H17ClO. The van der Waals surface area contributed by atoms with Crippen molar-refractivity contribution in [3.63, 3.8) is 0 Å². The summed E-state index contributed by atoms with van der Waals surface area (Å²) in [6.45, 7) is 0. The second-order valence-electron chi connectivity index (χ2n) is 5.51. The molecule has 0 radical (unpaired) electrons. The average molecular weight is 297 g/mol. The average Bonchev–Trinajstić information content (AvgIpc) is 2.84. The van der Waals surface area contributed by atoms with Crippen LogP contribution in [0.25, 0.3) is 6.08 Å². The van der Waals surface area contributed by atoms with Gasteiger partial charge in [-0.05, 0) is 54.2 Å². The van der Waals surface area contributed by atoms with Crippen molar-refractivity contribution in [2.75, 3.05) is 0 Å². The van der Waals surface area contributed by atoms with Gasteiger partial charge in [0.25, 0.3) is 0 Å². The molecule has 0 aromatic heterocycles. The fourth-order valence-electron chi connectivity index (χ4n) is 2.84. The van der Waals surface area contributed by atoms with Crippen LogP contribution in [0.5, 0.6) is 0 Å². The molecule has 0 aliphatic heterocycles. The number of carbonyl (C=O) groups excluding carboxylic acids is 1. The Labute approximate surface area is 130 Å². The Kier molecular flexibility index (Phi) is 4.21. The molecule has 2 aromatic carbocycles. The van der Waals surface area contributed by atoms with Gasteiger partial charge in [-0.15, -0.1) is 0 Å². The minimum Gasteiger partial charge on any atom is -0.294 e. The molecule has 1 aliphatic carbocycles. The Morgan fingerprint density at radius 2 is 1.76 bits per heavy atom. The molecule has 0 heterocycles. The SMILES string of the molecule is O=C1/C(=C\c2ccc(Cl)cc2)CCC1Cc1ccccc1. The molecule has 1 unspecified atom stereocenters. The van der Waals surface area contributed by atoms with Crippen LogP contribution in [0.3, 0.4) is 0 Å². The lowest BCUT2D eigenvalue weighted by atomic mass is 9.96. The Morgan fingerprint density at radius 3 is 2.48 bits per heavy atom.